The first-order valence-electron chi connectivity index (χ1n) is 6.35. The number of benzene rings is 1. The van der Waals surface area contributed by atoms with Crippen molar-refractivity contribution in [2.75, 3.05) is 0 Å². The van der Waals surface area contributed by atoms with Gasteiger partial charge in [-0.15, -0.1) is 0 Å². The highest BCUT2D eigenvalue weighted by Crippen LogP contribution is 2.22. The Kier molecular flexibility index (Phi) is 6.75. The third kappa shape index (κ3) is 5.64. The van der Waals surface area contributed by atoms with Crippen LogP contribution in [-0.4, -0.2) is 0 Å². The van der Waals surface area contributed by atoms with Gasteiger partial charge in [0, 0.05) is 10.5 Å². The van der Waals surface area contributed by atoms with Gasteiger partial charge in [-0.1, -0.05) is 55.0 Å². The van der Waals surface area contributed by atoms with Gasteiger partial charge in [-0.05, 0) is 30.2 Å². The molecule has 2 N–H and O–H groups in total. The molecule has 0 saturated carbocycles. The highest BCUT2D eigenvalue weighted by atomic mass is 79.9. The maximum absolute atomic E-state index is 13.2. The molecule has 0 amide bonds. The van der Waals surface area contributed by atoms with Crippen LogP contribution < -0.4 is 5.73 Å². The van der Waals surface area contributed by atoms with E-state index in [-0.39, 0.29) is 11.9 Å². The van der Waals surface area contributed by atoms with Crippen LogP contribution in [0.5, 0.6) is 0 Å². The molecule has 0 heterocycles. The highest BCUT2D eigenvalue weighted by molar-refractivity contribution is 9.10. The van der Waals surface area contributed by atoms with Gasteiger partial charge in [0.1, 0.15) is 5.82 Å². The summed E-state index contributed by atoms with van der Waals surface area (Å²) in [5, 5.41) is 0. The topological polar surface area (TPSA) is 26.0 Å². The summed E-state index contributed by atoms with van der Waals surface area (Å²) in [4.78, 5) is 0. The number of hydrogen-bond donors (Lipinski definition) is 1. The highest BCUT2D eigenvalue weighted by Gasteiger charge is 2.08. The molecule has 0 aliphatic carbocycles. The van der Waals surface area contributed by atoms with Crippen LogP contribution in [-0.2, 0) is 0 Å². The fraction of sp³-hybridized carbons (Fsp3) is 0.571. The smallest absolute Gasteiger partial charge is 0.124 e. The summed E-state index contributed by atoms with van der Waals surface area (Å²) in [6.45, 7) is 2.20. The second-order valence-electron chi connectivity index (χ2n) is 4.51. The summed E-state index contributed by atoms with van der Waals surface area (Å²) < 4.78 is 13.9. The Bertz CT molecular complexity index is 321. The molecular weight excluding hydrogens is 281 g/mol. The van der Waals surface area contributed by atoms with Crippen LogP contribution in [0, 0.1) is 5.82 Å². The maximum atomic E-state index is 13.2. The van der Waals surface area contributed by atoms with Crippen molar-refractivity contribution in [3.8, 4) is 0 Å². The van der Waals surface area contributed by atoms with E-state index in [2.05, 4.69) is 22.9 Å². The molecule has 1 aromatic carbocycles. The van der Waals surface area contributed by atoms with Crippen molar-refractivity contribution in [1.29, 1.82) is 0 Å². The van der Waals surface area contributed by atoms with Crippen molar-refractivity contribution >= 4 is 15.9 Å². The third-order valence-electron chi connectivity index (χ3n) is 2.93. The molecule has 0 saturated heterocycles. The number of halogens is 2. The quantitative estimate of drug-likeness (QED) is 0.709. The zero-order valence-electron chi connectivity index (χ0n) is 10.4. The molecule has 1 unspecified atom stereocenters. The van der Waals surface area contributed by atoms with Gasteiger partial charge in [-0.25, -0.2) is 4.39 Å². The van der Waals surface area contributed by atoms with Crippen molar-refractivity contribution in [2.24, 2.45) is 5.73 Å². The molecule has 1 aromatic rings. The standard InChI is InChI=1S/C14H21BrFN/c1-2-3-4-5-6-7-14(17)11-8-12(15)10-13(16)9-11/h8-10,14H,2-7,17H2,1H3. The average Bonchev–Trinajstić information content (AvgIpc) is 2.27. The van der Waals surface area contributed by atoms with Gasteiger partial charge in [0.05, 0.1) is 0 Å². The van der Waals surface area contributed by atoms with E-state index >= 15 is 0 Å². The molecule has 1 nitrogen and oxygen atoms in total. The summed E-state index contributed by atoms with van der Waals surface area (Å²) in [5.74, 6) is -0.226. The van der Waals surface area contributed by atoms with E-state index in [9.17, 15) is 4.39 Å². The van der Waals surface area contributed by atoms with Gasteiger partial charge in [-0.2, -0.15) is 0 Å². The monoisotopic (exact) mass is 301 g/mol. The Hall–Kier alpha value is -0.410. The zero-order valence-corrected chi connectivity index (χ0v) is 12.0. The van der Waals surface area contributed by atoms with Gasteiger partial charge < -0.3 is 5.73 Å². The lowest BCUT2D eigenvalue weighted by atomic mass is 10.0. The molecule has 0 aromatic heterocycles. The van der Waals surface area contributed by atoms with Crippen LogP contribution >= 0.6 is 15.9 Å². The summed E-state index contributed by atoms with van der Waals surface area (Å²) in [7, 11) is 0. The third-order valence-corrected chi connectivity index (χ3v) is 3.39. The summed E-state index contributed by atoms with van der Waals surface area (Å²) in [6.07, 6.45) is 7.09. The van der Waals surface area contributed by atoms with Crippen LogP contribution in [0.2, 0.25) is 0 Å². The molecule has 17 heavy (non-hydrogen) atoms. The summed E-state index contributed by atoms with van der Waals surface area (Å²) in [6, 6.07) is 4.84. The largest absolute Gasteiger partial charge is 0.324 e. The van der Waals surface area contributed by atoms with Gasteiger partial charge in [0.2, 0.25) is 0 Å². The molecule has 1 atom stereocenters. The van der Waals surface area contributed by atoms with Crippen molar-refractivity contribution < 1.29 is 4.39 Å². The van der Waals surface area contributed by atoms with E-state index in [1.807, 2.05) is 6.07 Å². The summed E-state index contributed by atoms with van der Waals surface area (Å²) >= 11 is 3.29. The van der Waals surface area contributed by atoms with E-state index < -0.39 is 0 Å². The Morgan fingerprint density at radius 2 is 1.88 bits per heavy atom. The Morgan fingerprint density at radius 1 is 1.18 bits per heavy atom. The van der Waals surface area contributed by atoms with E-state index in [4.69, 9.17) is 5.73 Å². The minimum atomic E-state index is -0.226. The molecule has 0 aliphatic heterocycles. The van der Waals surface area contributed by atoms with Crippen molar-refractivity contribution in [3.63, 3.8) is 0 Å². The molecule has 0 aliphatic rings. The molecule has 3 heteroatoms. The maximum Gasteiger partial charge on any atom is 0.124 e. The second kappa shape index (κ2) is 7.83. The molecule has 0 radical (unpaired) electrons. The van der Waals surface area contributed by atoms with Gasteiger partial charge >= 0.3 is 0 Å². The molecule has 0 fully saturated rings. The predicted molar refractivity (Wildman–Crippen MR) is 74.4 cm³/mol. The van der Waals surface area contributed by atoms with E-state index in [1.54, 1.807) is 0 Å². The SMILES string of the molecule is CCCCCCCC(N)c1cc(F)cc(Br)c1. The van der Waals surface area contributed by atoms with Crippen molar-refractivity contribution in [3.05, 3.63) is 34.1 Å². The van der Waals surface area contributed by atoms with Crippen LogP contribution in [0.4, 0.5) is 4.39 Å². The lowest BCUT2D eigenvalue weighted by Gasteiger charge is -2.12. The normalized spacial score (nSPS) is 12.7. The fourth-order valence-electron chi connectivity index (χ4n) is 1.92. The molecule has 1 rings (SSSR count). The first kappa shape index (κ1) is 14.7. The Labute approximate surface area is 112 Å². The average molecular weight is 302 g/mol. The first-order chi connectivity index (χ1) is 8.13. The minimum absolute atomic E-state index is 0.0522. The number of hydrogen-bond acceptors (Lipinski definition) is 1. The molecular formula is C14H21BrFN. The van der Waals surface area contributed by atoms with Crippen molar-refractivity contribution in [1.82, 2.24) is 0 Å². The van der Waals surface area contributed by atoms with Crippen LogP contribution in [0.15, 0.2) is 22.7 Å². The van der Waals surface area contributed by atoms with Crippen LogP contribution in [0.1, 0.15) is 57.1 Å². The minimum Gasteiger partial charge on any atom is -0.324 e. The number of rotatable bonds is 7. The fourth-order valence-corrected chi connectivity index (χ4v) is 2.41. The number of unbranched alkanes of at least 4 members (excludes halogenated alkanes) is 4. The molecule has 96 valence electrons. The summed E-state index contributed by atoms with van der Waals surface area (Å²) in [5.41, 5.74) is 6.94. The van der Waals surface area contributed by atoms with Crippen molar-refractivity contribution in [2.45, 2.75) is 51.5 Å². The van der Waals surface area contributed by atoms with E-state index in [0.29, 0.717) is 0 Å². The van der Waals surface area contributed by atoms with Gasteiger partial charge in [0.15, 0.2) is 0 Å². The van der Waals surface area contributed by atoms with Gasteiger partial charge in [0.25, 0.3) is 0 Å². The van der Waals surface area contributed by atoms with E-state index in [1.165, 1.54) is 37.8 Å². The lowest BCUT2D eigenvalue weighted by molar-refractivity contribution is 0.550. The number of nitrogens with two attached hydrogens (primary N) is 1. The zero-order chi connectivity index (χ0) is 12.7. The van der Waals surface area contributed by atoms with Gasteiger partial charge in [-0.3, -0.25) is 0 Å². The molecule has 0 spiro atoms. The predicted octanol–water partition coefficient (Wildman–Crippen LogP) is 4.95. The lowest BCUT2D eigenvalue weighted by Crippen LogP contribution is -2.10. The van der Waals surface area contributed by atoms with E-state index in [0.717, 1.165) is 22.9 Å². The molecule has 0 bridgehead atoms. The Balaban J connectivity index is 2.38. The second-order valence-corrected chi connectivity index (χ2v) is 5.43. The van der Waals surface area contributed by atoms with Crippen LogP contribution in [0.25, 0.3) is 0 Å². The first-order valence-corrected chi connectivity index (χ1v) is 7.14. The van der Waals surface area contributed by atoms with Crippen LogP contribution in [0.3, 0.4) is 0 Å². The Morgan fingerprint density at radius 3 is 2.53 bits per heavy atom.